The van der Waals surface area contributed by atoms with Crippen LogP contribution in [0.3, 0.4) is 0 Å². The van der Waals surface area contributed by atoms with Crippen LogP contribution in [0, 0.1) is 6.92 Å². The van der Waals surface area contributed by atoms with Gasteiger partial charge in [0.2, 0.25) is 10.0 Å². The molecule has 0 aliphatic carbocycles. The third-order valence-electron chi connectivity index (χ3n) is 3.04. The van der Waals surface area contributed by atoms with Crippen molar-refractivity contribution in [2.45, 2.75) is 6.92 Å². The summed E-state index contributed by atoms with van der Waals surface area (Å²) < 4.78 is 24.9. The molecule has 5 nitrogen and oxygen atoms in total. The lowest BCUT2D eigenvalue weighted by Gasteiger charge is -2.11. The smallest absolute Gasteiger partial charge is 0.335 e. The molecule has 0 unspecified atom stereocenters. The Morgan fingerprint density at radius 2 is 1.81 bits per heavy atom. The number of anilines is 1. The Labute approximate surface area is 123 Å². The predicted molar refractivity (Wildman–Crippen MR) is 82.0 cm³/mol. The summed E-state index contributed by atoms with van der Waals surface area (Å²) in [5.41, 5.74) is 2.82. The van der Waals surface area contributed by atoms with Crippen LogP contribution in [0.1, 0.15) is 15.9 Å². The van der Waals surface area contributed by atoms with Crippen molar-refractivity contribution in [1.82, 2.24) is 0 Å². The Balaban J connectivity index is 2.51. The summed E-state index contributed by atoms with van der Waals surface area (Å²) in [7, 11) is -3.35. The van der Waals surface area contributed by atoms with Gasteiger partial charge in [0.05, 0.1) is 11.8 Å². The number of hydrogen-bond acceptors (Lipinski definition) is 3. The summed E-state index contributed by atoms with van der Waals surface area (Å²) in [4.78, 5) is 11.2. The van der Waals surface area contributed by atoms with Crippen LogP contribution in [0.25, 0.3) is 11.1 Å². The SMILES string of the molecule is Cc1c(C(=O)O)cccc1-c1cccc(NS(C)(=O)=O)c1. The van der Waals surface area contributed by atoms with Crippen molar-refractivity contribution in [2.24, 2.45) is 0 Å². The number of carboxylic acids is 1. The normalized spacial score (nSPS) is 11.1. The van der Waals surface area contributed by atoms with Gasteiger partial charge >= 0.3 is 5.97 Å². The number of aromatic carboxylic acids is 1. The van der Waals surface area contributed by atoms with Crippen molar-refractivity contribution < 1.29 is 18.3 Å². The van der Waals surface area contributed by atoms with Crippen LogP contribution in [0.15, 0.2) is 42.5 Å². The van der Waals surface area contributed by atoms with Crippen molar-refractivity contribution >= 4 is 21.7 Å². The standard InChI is InChI=1S/C15H15NO4S/c1-10-13(7-4-8-14(10)15(17)18)11-5-3-6-12(9-11)16-21(2,19)20/h3-9,16H,1-2H3,(H,17,18). The van der Waals surface area contributed by atoms with Crippen molar-refractivity contribution in [3.05, 3.63) is 53.6 Å². The number of sulfonamides is 1. The van der Waals surface area contributed by atoms with Crippen LogP contribution in [0.2, 0.25) is 0 Å². The Morgan fingerprint density at radius 1 is 1.14 bits per heavy atom. The van der Waals surface area contributed by atoms with Crippen LogP contribution in [-0.4, -0.2) is 25.7 Å². The molecule has 2 N–H and O–H groups in total. The van der Waals surface area contributed by atoms with Gasteiger partial charge in [-0.3, -0.25) is 4.72 Å². The first-order valence-electron chi connectivity index (χ1n) is 6.19. The number of hydrogen-bond donors (Lipinski definition) is 2. The molecule has 0 aliphatic heterocycles. The second-order valence-electron chi connectivity index (χ2n) is 4.74. The molecule has 0 fully saturated rings. The van der Waals surface area contributed by atoms with E-state index in [-0.39, 0.29) is 5.56 Å². The maximum Gasteiger partial charge on any atom is 0.335 e. The molecule has 0 radical (unpaired) electrons. The van der Waals surface area contributed by atoms with Crippen LogP contribution in [-0.2, 0) is 10.0 Å². The van der Waals surface area contributed by atoms with Gasteiger partial charge in [-0.15, -0.1) is 0 Å². The Hall–Kier alpha value is -2.34. The lowest BCUT2D eigenvalue weighted by atomic mass is 9.96. The highest BCUT2D eigenvalue weighted by atomic mass is 32.2. The zero-order valence-electron chi connectivity index (χ0n) is 11.6. The minimum Gasteiger partial charge on any atom is -0.478 e. The molecule has 0 saturated heterocycles. The summed E-state index contributed by atoms with van der Waals surface area (Å²) in [6.45, 7) is 1.73. The van der Waals surface area contributed by atoms with E-state index in [0.29, 0.717) is 11.3 Å². The molecule has 0 atom stereocenters. The van der Waals surface area contributed by atoms with Crippen molar-refractivity contribution in [2.75, 3.05) is 11.0 Å². The van der Waals surface area contributed by atoms with E-state index in [0.717, 1.165) is 17.4 Å². The fourth-order valence-corrected chi connectivity index (χ4v) is 2.70. The Bertz CT molecular complexity index is 797. The highest BCUT2D eigenvalue weighted by Crippen LogP contribution is 2.28. The molecule has 0 aromatic heterocycles. The van der Waals surface area contributed by atoms with Gasteiger partial charge in [0.25, 0.3) is 0 Å². The van der Waals surface area contributed by atoms with Gasteiger partial charge in [-0.1, -0.05) is 24.3 Å². The number of carbonyl (C=O) groups is 1. The number of rotatable bonds is 4. The van der Waals surface area contributed by atoms with Gasteiger partial charge < -0.3 is 5.11 Å². The first-order chi connectivity index (χ1) is 9.78. The first kappa shape index (κ1) is 15.1. The third kappa shape index (κ3) is 3.61. The topological polar surface area (TPSA) is 83.5 Å². The molecule has 0 amide bonds. The van der Waals surface area contributed by atoms with E-state index in [1.54, 1.807) is 49.4 Å². The monoisotopic (exact) mass is 305 g/mol. The number of nitrogens with one attached hydrogen (secondary N) is 1. The van der Waals surface area contributed by atoms with Crippen LogP contribution >= 0.6 is 0 Å². The van der Waals surface area contributed by atoms with Gasteiger partial charge in [-0.05, 0) is 41.8 Å². The van der Waals surface area contributed by atoms with E-state index in [1.165, 1.54) is 0 Å². The average Bonchev–Trinajstić information content (AvgIpc) is 2.36. The fourth-order valence-electron chi connectivity index (χ4n) is 2.14. The highest BCUT2D eigenvalue weighted by molar-refractivity contribution is 7.92. The molecule has 0 bridgehead atoms. The average molecular weight is 305 g/mol. The van der Waals surface area contributed by atoms with Gasteiger partial charge in [-0.25, -0.2) is 13.2 Å². The zero-order valence-corrected chi connectivity index (χ0v) is 12.4. The minimum absolute atomic E-state index is 0.231. The largest absolute Gasteiger partial charge is 0.478 e. The number of benzene rings is 2. The van der Waals surface area contributed by atoms with Crippen LogP contribution in [0.4, 0.5) is 5.69 Å². The Morgan fingerprint density at radius 3 is 2.43 bits per heavy atom. The summed E-state index contributed by atoms with van der Waals surface area (Å²) in [6, 6.07) is 11.9. The molecular weight excluding hydrogens is 290 g/mol. The van der Waals surface area contributed by atoms with Gasteiger partial charge in [-0.2, -0.15) is 0 Å². The van der Waals surface area contributed by atoms with Crippen LogP contribution in [0.5, 0.6) is 0 Å². The molecular formula is C15H15NO4S. The molecule has 2 rings (SSSR count). The quantitative estimate of drug-likeness (QED) is 0.909. The summed E-state index contributed by atoms with van der Waals surface area (Å²) in [6.07, 6.45) is 1.08. The van der Waals surface area contributed by atoms with E-state index in [1.807, 2.05) is 0 Å². The molecule has 2 aromatic rings. The van der Waals surface area contributed by atoms with Crippen LogP contribution < -0.4 is 4.72 Å². The maximum atomic E-state index is 11.3. The molecule has 0 aliphatic rings. The highest BCUT2D eigenvalue weighted by Gasteiger charge is 2.12. The van der Waals surface area contributed by atoms with Crippen molar-refractivity contribution in [1.29, 1.82) is 0 Å². The fraction of sp³-hybridized carbons (Fsp3) is 0.133. The molecule has 6 heteroatoms. The van der Waals surface area contributed by atoms with Gasteiger partial charge in [0.1, 0.15) is 0 Å². The molecule has 2 aromatic carbocycles. The summed E-state index contributed by atoms with van der Waals surface area (Å²) in [5.74, 6) is -0.986. The second kappa shape index (κ2) is 5.57. The van der Waals surface area contributed by atoms with E-state index < -0.39 is 16.0 Å². The molecule has 0 saturated carbocycles. The third-order valence-corrected chi connectivity index (χ3v) is 3.65. The van der Waals surface area contributed by atoms with Crippen molar-refractivity contribution in [3.8, 4) is 11.1 Å². The maximum absolute atomic E-state index is 11.3. The van der Waals surface area contributed by atoms with Gasteiger partial charge in [0.15, 0.2) is 0 Å². The first-order valence-corrected chi connectivity index (χ1v) is 8.08. The van der Waals surface area contributed by atoms with E-state index in [9.17, 15) is 13.2 Å². The van der Waals surface area contributed by atoms with Crippen molar-refractivity contribution in [3.63, 3.8) is 0 Å². The predicted octanol–water partition coefficient (Wildman–Crippen LogP) is 2.73. The minimum atomic E-state index is -3.35. The molecule has 110 valence electrons. The second-order valence-corrected chi connectivity index (χ2v) is 6.49. The summed E-state index contributed by atoms with van der Waals surface area (Å²) in [5, 5.41) is 9.15. The molecule has 0 heterocycles. The number of carboxylic acid groups (broad SMARTS) is 1. The Kier molecular flexibility index (Phi) is 3.99. The molecule has 21 heavy (non-hydrogen) atoms. The van der Waals surface area contributed by atoms with Gasteiger partial charge in [0, 0.05) is 5.69 Å². The lowest BCUT2D eigenvalue weighted by Crippen LogP contribution is -2.09. The summed E-state index contributed by atoms with van der Waals surface area (Å²) >= 11 is 0. The zero-order chi connectivity index (χ0) is 15.6. The molecule has 0 spiro atoms. The van der Waals surface area contributed by atoms with E-state index in [2.05, 4.69) is 4.72 Å². The lowest BCUT2D eigenvalue weighted by molar-refractivity contribution is 0.0696. The van der Waals surface area contributed by atoms with E-state index in [4.69, 9.17) is 5.11 Å². The van der Waals surface area contributed by atoms with E-state index >= 15 is 0 Å².